The summed E-state index contributed by atoms with van der Waals surface area (Å²) in [5.74, 6) is 0.869. The zero-order valence-corrected chi connectivity index (χ0v) is 15.2. The molecule has 2 fully saturated rings. The van der Waals surface area contributed by atoms with Crippen molar-refractivity contribution in [3.05, 3.63) is 23.5 Å². The van der Waals surface area contributed by atoms with Gasteiger partial charge in [-0.15, -0.1) is 11.3 Å². The number of carbonyl (C=O) groups excluding carboxylic acids is 1. The highest BCUT2D eigenvalue weighted by Crippen LogP contribution is 2.24. The van der Waals surface area contributed by atoms with Crippen molar-refractivity contribution in [1.82, 2.24) is 24.1 Å². The van der Waals surface area contributed by atoms with E-state index < -0.39 is 0 Å². The summed E-state index contributed by atoms with van der Waals surface area (Å²) in [4.78, 5) is 24.3. The summed E-state index contributed by atoms with van der Waals surface area (Å²) in [7, 11) is 0. The second kappa shape index (κ2) is 6.46. The molecule has 2 atom stereocenters. The fourth-order valence-corrected chi connectivity index (χ4v) is 4.82. The normalized spacial score (nSPS) is 26.5. The highest BCUT2D eigenvalue weighted by Gasteiger charge is 2.35. The Bertz CT molecular complexity index is 689. The number of piperazine rings is 1. The molecule has 0 bridgehead atoms. The standard InChI is InChI=1S/C17H25N5OS/c1-13-9-19(10-15-11-22-7-8-24-17(22)18-15)12-16(13)21-5-3-20(4-6-21)14(2)23/h7-8,11,13,16H,3-6,9-10,12H2,1-2H3. The van der Waals surface area contributed by atoms with E-state index in [4.69, 9.17) is 4.98 Å². The van der Waals surface area contributed by atoms with Crippen LogP contribution in [0.5, 0.6) is 0 Å². The predicted molar refractivity (Wildman–Crippen MR) is 95.1 cm³/mol. The Balaban J connectivity index is 1.35. The van der Waals surface area contributed by atoms with Crippen LogP contribution < -0.4 is 0 Å². The molecule has 4 rings (SSSR count). The van der Waals surface area contributed by atoms with Gasteiger partial charge in [-0.3, -0.25) is 19.0 Å². The van der Waals surface area contributed by atoms with Gasteiger partial charge in [-0.25, -0.2) is 4.98 Å². The van der Waals surface area contributed by atoms with E-state index in [1.54, 1.807) is 18.3 Å². The van der Waals surface area contributed by atoms with Crippen molar-refractivity contribution in [2.45, 2.75) is 26.4 Å². The quantitative estimate of drug-likeness (QED) is 0.841. The van der Waals surface area contributed by atoms with E-state index in [1.807, 2.05) is 4.90 Å². The molecule has 1 amide bonds. The molecule has 6 nitrogen and oxygen atoms in total. The van der Waals surface area contributed by atoms with E-state index in [1.165, 1.54) is 0 Å². The zero-order chi connectivity index (χ0) is 16.7. The lowest BCUT2D eigenvalue weighted by atomic mass is 10.0. The lowest BCUT2D eigenvalue weighted by Gasteiger charge is -2.39. The molecule has 0 aromatic carbocycles. The van der Waals surface area contributed by atoms with E-state index in [0.717, 1.165) is 56.5 Å². The zero-order valence-electron chi connectivity index (χ0n) is 14.4. The van der Waals surface area contributed by atoms with Crippen molar-refractivity contribution < 1.29 is 4.79 Å². The van der Waals surface area contributed by atoms with Crippen LogP contribution in [0.2, 0.25) is 0 Å². The minimum Gasteiger partial charge on any atom is -0.340 e. The van der Waals surface area contributed by atoms with Crippen molar-refractivity contribution >= 4 is 22.2 Å². The maximum atomic E-state index is 11.5. The Kier molecular flexibility index (Phi) is 4.32. The summed E-state index contributed by atoms with van der Waals surface area (Å²) in [6, 6.07) is 0.600. The van der Waals surface area contributed by atoms with Gasteiger partial charge in [0, 0.05) is 76.6 Å². The molecule has 2 aliphatic heterocycles. The molecule has 0 radical (unpaired) electrons. The molecular weight excluding hydrogens is 322 g/mol. The molecule has 4 heterocycles. The molecule has 0 spiro atoms. The molecule has 0 N–H and O–H groups in total. The van der Waals surface area contributed by atoms with Crippen molar-refractivity contribution in [3.8, 4) is 0 Å². The van der Waals surface area contributed by atoms with Gasteiger partial charge in [0.1, 0.15) is 0 Å². The van der Waals surface area contributed by atoms with Gasteiger partial charge >= 0.3 is 0 Å². The summed E-state index contributed by atoms with van der Waals surface area (Å²) < 4.78 is 2.11. The molecule has 0 saturated carbocycles. The molecule has 2 aliphatic rings. The van der Waals surface area contributed by atoms with E-state index in [2.05, 4.69) is 38.9 Å². The van der Waals surface area contributed by atoms with Gasteiger partial charge in [-0.1, -0.05) is 6.92 Å². The molecule has 130 valence electrons. The van der Waals surface area contributed by atoms with Crippen molar-refractivity contribution in [2.24, 2.45) is 5.92 Å². The smallest absolute Gasteiger partial charge is 0.219 e. The first-order valence-corrected chi connectivity index (χ1v) is 9.61. The topological polar surface area (TPSA) is 44.1 Å². The number of imidazole rings is 1. The number of fused-ring (bicyclic) bond motifs is 1. The predicted octanol–water partition coefficient (Wildman–Crippen LogP) is 1.38. The molecule has 2 saturated heterocycles. The number of carbonyl (C=O) groups is 1. The first-order valence-electron chi connectivity index (χ1n) is 8.73. The fourth-order valence-electron chi connectivity index (χ4n) is 4.10. The number of aromatic nitrogens is 2. The minimum atomic E-state index is 0.204. The van der Waals surface area contributed by atoms with Gasteiger partial charge in [0.25, 0.3) is 0 Å². The lowest BCUT2D eigenvalue weighted by molar-refractivity contribution is -0.130. The Morgan fingerprint density at radius 3 is 2.79 bits per heavy atom. The van der Waals surface area contributed by atoms with Crippen LogP contribution in [0, 0.1) is 5.92 Å². The second-order valence-corrected chi connectivity index (χ2v) is 7.98. The van der Waals surface area contributed by atoms with Crippen molar-refractivity contribution in [1.29, 1.82) is 0 Å². The number of nitrogens with zero attached hydrogens (tertiary/aromatic N) is 5. The van der Waals surface area contributed by atoms with E-state index in [9.17, 15) is 4.79 Å². The van der Waals surface area contributed by atoms with Gasteiger partial charge in [-0.05, 0) is 5.92 Å². The highest BCUT2D eigenvalue weighted by molar-refractivity contribution is 7.15. The van der Waals surface area contributed by atoms with E-state index in [-0.39, 0.29) is 5.91 Å². The van der Waals surface area contributed by atoms with Crippen LogP contribution in [0.4, 0.5) is 0 Å². The van der Waals surface area contributed by atoms with Crippen molar-refractivity contribution in [2.75, 3.05) is 39.3 Å². The monoisotopic (exact) mass is 347 g/mol. The highest BCUT2D eigenvalue weighted by atomic mass is 32.1. The lowest BCUT2D eigenvalue weighted by Crippen LogP contribution is -2.53. The number of hydrogen-bond donors (Lipinski definition) is 0. The Hall–Kier alpha value is -1.44. The minimum absolute atomic E-state index is 0.204. The van der Waals surface area contributed by atoms with Crippen LogP contribution in [-0.2, 0) is 11.3 Å². The fraction of sp³-hybridized carbons (Fsp3) is 0.647. The number of rotatable bonds is 3. The average Bonchev–Trinajstić information content (AvgIpc) is 3.22. The van der Waals surface area contributed by atoms with E-state index in [0.29, 0.717) is 12.0 Å². The molecule has 2 aromatic rings. The third-order valence-corrected chi connectivity index (χ3v) is 6.18. The average molecular weight is 347 g/mol. The van der Waals surface area contributed by atoms with Crippen LogP contribution in [0.1, 0.15) is 19.5 Å². The third kappa shape index (κ3) is 3.08. The van der Waals surface area contributed by atoms with Crippen LogP contribution >= 0.6 is 11.3 Å². The molecule has 2 unspecified atom stereocenters. The van der Waals surface area contributed by atoms with Crippen LogP contribution in [-0.4, -0.2) is 75.3 Å². The second-order valence-electron chi connectivity index (χ2n) is 7.11. The van der Waals surface area contributed by atoms with Gasteiger partial charge in [0.15, 0.2) is 4.96 Å². The Labute approximate surface area is 146 Å². The molecule has 24 heavy (non-hydrogen) atoms. The Morgan fingerprint density at radius 1 is 1.29 bits per heavy atom. The largest absolute Gasteiger partial charge is 0.340 e. The van der Waals surface area contributed by atoms with Gasteiger partial charge < -0.3 is 4.90 Å². The maximum absolute atomic E-state index is 11.5. The SMILES string of the molecule is CC(=O)N1CCN(C2CN(Cc3cn4ccsc4n3)CC2C)CC1. The third-order valence-electron chi connectivity index (χ3n) is 5.41. The molecule has 7 heteroatoms. The van der Waals surface area contributed by atoms with Gasteiger partial charge in [0.05, 0.1) is 5.69 Å². The molecule has 2 aromatic heterocycles. The number of thiazole rings is 1. The first-order chi connectivity index (χ1) is 11.6. The molecular formula is C17H25N5OS. The van der Waals surface area contributed by atoms with Gasteiger partial charge in [-0.2, -0.15) is 0 Å². The van der Waals surface area contributed by atoms with Crippen LogP contribution in [0.3, 0.4) is 0 Å². The van der Waals surface area contributed by atoms with Gasteiger partial charge in [0.2, 0.25) is 5.91 Å². The number of amides is 1. The number of hydrogen-bond acceptors (Lipinski definition) is 5. The summed E-state index contributed by atoms with van der Waals surface area (Å²) in [6.07, 6.45) is 4.22. The summed E-state index contributed by atoms with van der Waals surface area (Å²) in [5.41, 5.74) is 1.16. The first kappa shape index (κ1) is 16.1. The Morgan fingerprint density at radius 2 is 2.08 bits per heavy atom. The summed E-state index contributed by atoms with van der Waals surface area (Å²) in [6.45, 7) is 10.9. The molecule has 0 aliphatic carbocycles. The number of likely N-dealkylation sites (tertiary alicyclic amines) is 1. The van der Waals surface area contributed by atoms with Crippen molar-refractivity contribution in [3.63, 3.8) is 0 Å². The van der Waals surface area contributed by atoms with Crippen LogP contribution in [0.15, 0.2) is 17.8 Å². The summed E-state index contributed by atoms with van der Waals surface area (Å²) >= 11 is 1.69. The summed E-state index contributed by atoms with van der Waals surface area (Å²) in [5, 5.41) is 2.07. The maximum Gasteiger partial charge on any atom is 0.219 e. The van der Waals surface area contributed by atoms with E-state index >= 15 is 0 Å². The van der Waals surface area contributed by atoms with Crippen LogP contribution in [0.25, 0.3) is 4.96 Å².